The molecule has 5 nitrogen and oxygen atoms in total. The minimum absolute atomic E-state index is 0.322. The molecule has 0 spiro atoms. The van der Waals surface area contributed by atoms with Crippen LogP contribution in [0.4, 0.5) is 0 Å². The molecule has 0 radical (unpaired) electrons. The molecule has 0 aromatic carbocycles. The third kappa shape index (κ3) is 19.3. The molecule has 0 aromatic heterocycles. The molecular weight excluding hydrogens is 404 g/mol. The van der Waals surface area contributed by atoms with E-state index in [1.165, 1.54) is 89.9 Å². The van der Waals surface area contributed by atoms with Crippen molar-refractivity contribution in [1.29, 1.82) is 0 Å². The number of hydrogen-bond donors (Lipinski definition) is 3. The van der Waals surface area contributed by atoms with E-state index in [2.05, 4.69) is 13.8 Å². The first-order valence-corrected chi connectivity index (χ1v) is 13.9. The standard InChI is InChI=1S/C27H56O5/c1-3-5-7-9-11-13-15-17-19-21-23-31-27(30,26(29)25-28)32-24-22-20-18-16-14-12-10-8-6-4-2/h26,28-30H,3-25H2,1-2H3. The monoisotopic (exact) mass is 460 g/mol. The molecule has 0 aliphatic rings. The zero-order valence-corrected chi connectivity index (χ0v) is 21.5. The van der Waals surface area contributed by atoms with Gasteiger partial charge in [0.25, 0.3) is 0 Å². The summed E-state index contributed by atoms with van der Waals surface area (Å²) in [7, 11) is 0. The Kier molecular flexibility index (Phi) is 23.8. The van der Waals surface area contributed by atoms with Gasteiger partial charge in [-0.2, -0.15) is 0 Å². The first-order chi connectivity index (χ1) is 15.6. The largest absolute Gasteiger partial charge is 0.393 e. The number of rotatable bonds is 26. The molecule has 32 heavy (non-hydrogen) atoms. The van der Waals surface area contributed by atoms with Gasteiger partial charge < -0.3 is 24.8 Å². The summed E-state index contributed by atoms with van der Waals surface area (Å²) in [5, 5.41) is 29.7. The fourth-order valence-corrected chi connectivity index (χ4v) is 3.97. The number of ether oxygens (including phenoxy) is 2. The molecule has 0 heterocycles. The zero-order chi connectivity index (χ0) is 23.8. The Labute approximate surface area is 199 Å². The van der Waals surface area contributed by atoms with Gasteiger partial charge in [0.1, 0.15) is 0 Å². The van der Waals surface area contributed by atoms with Gasteiger partial charge in [-0.3, -0.25) is 0 Å². The van der Waals surface area contributed by atoms with Crippen LogP contribution >= 0.6 is 0 Å². The molecule has 0 bridgehead atoms. The van der Waals surface area contributed by atoms with Gasteiger partial charge in [0.15, 0.2) is 6.10 Å². The van der Waals surface area contributed by atoms with Crippen LogP contribution in [0.1, 0.15) is 142 Å². The average Bonchev–Trinajstić information content (AvgIpc) is 2.80. The molecule has 0 fully saturated rings. The summed E-state index contributed by atoms with van der Waals surface area (Å²) in [6.45, 7) is 4.54. The normalized spacial score (nSPS) is 13.0. The van der Waals surface area contributed by atoms with Gasteiger partial charge in [-0.1, -0.05) is 129 Å². The summed E-state index contributed by atoms with van der Waals surface area (Å²) in [5.41, 5.74) is 0. The van der Waals surface area contributed by atoms with E-state index in [0.717, 1.165) is 38.5 Å². The lowest BCUT2D eigenvalue weighted by molar-refractivity contribution is -0.398. The van der Waals surface area contributed by atoms with E-state index in [1.807, 2.05) is 0 Å². The van der Waals surface area contributed by atoms with Gasteiger partial charge in [0, 0.05) is 0 Å². The van der Waals surface area contributed by atoms with Gasteiger partial charge in [0.2, 0.25) is 0 Å². The van der Waals surface area contributed by atoms with E-state index in [9.17, 15) is 15.3 Å². The van der Waals surface area contributed by atoms with Crippen molar-refractivity contribution in [1.82, 2.24) is 0 Å². The minimum atomic E-state index is -2.10. The molecule has 0 saturated heterocycles. The quantitative estimate of drug-likeness (QED) is 0.0970. The van der Waals surface area contributed by atoms with Gasteiger partial charge in [-0.05, 0) is 12.8 Å². The Morgan fingerprint density at radius 1 is 0.531 bits per heavy atom. The fraction of sp³-hybridized carbons (Fsp3) is 1.00. The van der Waals surface area contributed by atoms with E-state index in [4.69, 9.17) is 9.47 Å². The van der Waals surface area contributed by atoms with Crippen LogP contribution in [0.2, 0.25) is 0 Å². The highest BCUT2D eigenvalue weighted by molar-refractivity contribution is 4.67. The van der Waals surface area contributed by atoms with Gasteiger partial charge in [-0.15, -0.1) is 0 Å². The van der Waals surface area contributed by atoms with Crippen LogP contribution < -0.4 is 0 Å². The highest BCUT2D eigenvalue weighted by atomic mass is 16.8. The first kappa shape index (κ1) is 31.8. The van der Waals surface area contributed by atoms with E-state index in [1.54, 1.807) is 0 Å². The number of aliphatic hydroxyl groups is 3. The molecule has 1 atom stereocenters. The Hall–Kier alpha value is -0.200. The Bertz CT molecular complexity index is 338. The van der Waals surface area contributed by atoms with Crippen LogP contribution in [0.3, 0.4) is 0 Å². The van der Waals surface area contributed by atoms with Crippen LogP contribution in [-0.4, -0.2) is 47.2 Å². The smallest absolute Gasteiger partial charge is 0.310 e. The third-order valence-electron chi connectivity index (χ3n) is 6.21. The third-order valence-corrected chi connectivity index (χ3v) is 6.21. The van der Waals surface area contributed by atoms with Gasteiger partial charge in [0.05, 0.1) is 19.8 Å². The average molecular weight is 461 g/mol. The predicted octanol–water partition coefficient (Wildman–Crippen LogP) is 6.86. The number of hydrogen-bond acceptors (Lipinski definition) is 5. The second-order valence-electron chi connectivity index (χ2n) is 9.39. The molecule has 1 unspecified atom stereocenters. The molecule has 3 N–H and O–H groups in total. The summed E-state index contributed by atoms with van der Waals surface area (Å²) in [6, 6.07) is 0. The maximum absolute atomic E-state index is 10.5. The van der Waals surface area contributed by atoms with E-state index in [0.29, 0.717) is 13.2 Å². The zero-order valence-electron chi connectivity index (χ0n) is 21.5. The lowest BCUT2D eigenvalue weighted by Crippen LogP contribution is -2.49. The molecule has 0 rings (SSSR count). The van der Waals surface area contributed by atoms with E-state index >= 15 is 0 Å². The molecule has 0 aromatic rings. The molecule has 0 saturated carbocycles. The van der Waals surface area contributed by atoms with Crippen LogP contribution in [0.5, 0.6) is 0 Å². The molecule has 0 amide bonds. The molecule has 5 heteroatoms. The maximum atomic E-state index is 10.5. The van der Waals surface area contributed by atoms with Crippen molar-refractivity contribution in [3.63, 3.8) is 0 Å². The van der Waals surface area contributed by atoms with Crippen LogP contribution in [-0.2, 0) is 9.47 Å². The molecule has 0 aliphatic carbocycles. The molecular formula is C27H56O5. The second kappa shape index (κ2) is 23.9. The summed E-state index contributed by atoms with van der Waals surface area (Å²) in [4.78, 5) is 0. The van der Waals surface area contributed by atoms with Gasteiger partial charge >= 0.3 is 5.97 Å². The summed E-state index contributed by atoms with van der Waals surface area (Å²) < 4.78 is 10.9. The summed E-state index contributed by atoms with van der Waals surface area (Å²) >= 11 is 0. The Balaban J connectivity index is 3.74. The van der Waals surface area contributed by atoms with Crippen LogP contribution in [0, 0.1) is 0 Å². The predicted molar refractivity (Wildman–Crippen MR) is 134 cm³/mol. The lowest BCUT2D eigenvalue weighted by Gasteiger charge is -2.31. The number of unbranched alkanes of at least 4 members (excludes halogenated alkanes) is 18. The van der Waals surface area contributed by atoms with Crippen LogP contribution in [0.15, 0.2) is 0 Å². The highest BCUT2D eigenvalue weighted by Gasteiger charge is 2.38. The Morgan fingerprint density at radius 2 is 0.812 bits per heavy atom. The van der Waals surface area contributed by atoms with Gasteiger partial charge in [-0.25, -0.2) is 0 Å². The Morgan fingerprint density at radius 3 is 1.09 bits per heavy atom. The topological polar surface area (TPSA) is 79.2 Å². The lowest BCUT2D eigenvalue weighted by atomic mass is 10.1. The van der Waals surface area contributed by atoms with Crippen molar-refractivity contribution >= 4 is 0 Å². The summed E-state index contributed by atoms with van der Waals surface area (Å²) in [6.07, 6.45) is 23.0. The van der Waals surface area contributed by atoms with Crippen LogP contribution in [0.25, 0.3) is 0 Å². The van der Waals surface area contributed by atoms with E-state index < -0.39 is 18.7 Å². The van der Waals surface area contributed by atoms with Crippen molar-refractivity contribution in [2.24, 2.45) is 0 Å². The molecule has 194 valence electrons. The van der Waals surface area contributed by atoms with Crippen molar-refractivity contribution in [2.45, 2.75) is 154 Å². The van der Waals surface area contributed by atoms with Crippen molar-refractivity contribution < 1.29 is 24.8 Å². The van der Waals surface area contributed by atoms with Crippen molar-refractivity contribution in [2.75, 3.05) is 19.8 Å². The van der Waals surface area contributed by atoms with Crippen molar-refractivity contribution in [3.05, 3.63) is 0 Å². The first-order valence-electron chi connectivity index (χ1n) is 13.9. The highest BCUT2D eigenvalue weighted by Crippen LogP contribution is 2.18. The van der Waals surface area contributed by atoms with Crippen molar-refractivity contribution in [3.8, 4) is 0 Å². The number of aliphatic hydroxyl groups excluding tert-OH is 2. The second-order valence-corrected chi connectivity index (χ2v) is 9.39. The molecule has 0 aliphatic heterocycles. The maximum Gasteiger partial charge on any atom is 0.310 e. The minimum Gasteiger partial charge on any atom is -0.393 e. The van der Waals surface area contributed by atoms with E-state index in [-0.39, 0.29) is 0 Å². The summed E-state index contributed by atoms with van der Waals surface area (Å²) in [5.74, 6) is -2.10. The fourth-order valence-electron chi connectivity index (χ4n) is 3.97. The SMILES string of the molecule is CCCCCCCCCCCCOC(O)(OCCCCCCCCCCCC)C(O)CO.